The first-order valence-corrected chi connectivity index (χ1v) is 7.76. The smallest absolute Gasteiger partial charge is 0.335 e. The molecule has 1 heterocycles. The maximum Gasteiger partial charge on any atom is 0.335 e. The van der Waals surface area contributed by atoms with Crippen LogP contribution in [-0.4, -0.2) is 42.1 Å². The molecule has 0 saturated carbocycles. The van der Waals surface area contributed by atoms with Crippen LogP contribution < -0.4 is 10.2 Å². The van der Waals surface area contributed by atoms with Gasteiger partial charge in [0.25, 0.3) is 0 Å². The van der Waals surface area contributed by atoms with Crippen LogP contribution in [0.5, 0.6) is 0 Å². The number of halogens is 1. The average molecular weight is 346 g/mol. The van der Waals surface area contributed by atoms with Gasteiger partial charge >= 0.3 is 12.0 Å². The van der Waals surface area contributed by atoms with Gasteiger partial charge in [0.2, 0.25) is 0 Å². The third kappa shape index (κ3) is 3.14. The molecule has 0 spiro atoms. The molecule has 124 valence electrons. The fourth-order valence-electron chi connectivity index (χ4n) is 2.55. The maximum atomic E-state index is 12.1. The molecule has 0 aliphatic carbocycles. The average Bonchev–Trinajstić information content (AvgIpc) is 2.89. The topological polar surface area (TPSA) is 72.9 Å². The Morgan fingerprint density at radius 2 is 2.00 bits per heavy atom. The van der Waals surface area contributed by atoms with E-state index in [0.717, 1.165) is 11.4 Å². The minimum Gasteiger partial charge on any atom is -0.478 e. The second-order valence-electron chi connectivity index (χ2n) is 5.53. The summed E-state index contributed by atoms with van der Waals surface area (Å²) in [5, 5.41) is 12.6. The fourth-order valence-corrected chi connectivity index (χ4v) is 2.71. The van der Waals surface area contributed by atoms with Crippen LogP contribution in [0, 0.1) is 0 Å². The Balaban J connectivity index is 1.87. The highest BCUT2D eigenvalue weighted by molar-refractivity contribution is 6.33. The van der Waals surface area contributed by atoms with Crippen LogP contribution in [0.4, 0.5) is 21.9 Å². The Labute approximate surface area is 144 Å². The molecule has 1 saturated heterocycles. The molecule has 0 atom stereocenters. The van der Waals surface area contributed by atoms with E-state index in [-0.39, 0.29) is 11.6 Å². The van der Waals surface area contributed by atoms with E-state index in [0.29, 0.717) is 23.8 Å². The second-order valence-corrected chi connectivity index (χ2v) is 5.94. The zero-order valence-corrected chi connectivity index (χ0v) is 13.7. The molecule has 1 fully saturated rings. The number of carbonyl (C=O) groups is 2. The molecule has 2 amide bonds. The van der Waals surface area contributed by atoms with Crippen LogP contribution in [0.2, 0.25) is 5.02 Å². The van der Waals surface area contributed by atoms with E-state index in [4.69, 9.17) is 16.7 Å². The first kappa shape index (κ1) is 16.1. The third-order valence-electron chi connectivity index (χ3n) is 3.87. The Morgan fingerprint density at radius 1 is 1.21 bits per heavy atom. The first-order valence-electron chi connectivity index (χ1n) is 7.38. The minimum absolute atomic E-state index is 0.0435. The summed E-state index contributed by atoms with van der Waals surface area (Å²) >= 11 is 6.13. The zero-order valence-electron chi connectivity index (χ0n) is 13.0. The number of urea groups is 1. The van der Waals surface area contributed by atoms with Crippen molar-refractivity contribution in [3.05, 3.63) is 53.1 Å². The van der Waals surface area contributed by atoms with Gasteiger partial charge in [-0.3, -0.25) is 4.90 Å². The Kier molecular flexibility index (Phi) is 4.31. The van der Waals surface area contributed by atoms with Gasteiger partial charge in [0.15, 0.2) is 0 Å². The fraction of sp³-hybridized carbons (Fsp3) is 0.176. The summed E-state index contributed by atoms with van der Waals surface area (Å²) < 4.78 is 0. The summed E-state index contributed by atoms with van der Waals surface area (Å²) in [5.74, 6) is -1.02. The molecule has 1 aliphatic heterocycles. The number of carbonyl (C=O) groups excluding carboxylic acids is 1. The molecule has 1 aliphatic rings. The maximum absolute atomic E-state index is 12.1. The van der Waals surface area contributed by atoms with Crippen LogP contribution in [0.15, 0.2) is 42.5 Å². The monoisotopic (exact) mass is 345 g/mol. The lowest BCUT2D eigenvalue weighted by Gasteiger charge is -2.17. The number of nitrogens with one attached hydrogen (secondary N) is 1. The Morgan fingerprint density at radius 3 is 2.67 bits per heavy atom. The highest BCUT2D eigenvalue weighted by Gasteiger charge is 2.26. The van der Waals surface area contributed by atoms with Crippen molar-refractivity contribution in [3.8, 4) is 0 Å². The number of aromatic carboxylic acids is 1. The Hall–Kier alpha value is -2.73. The predicted molar refractivity (Wildman–Crippen MR) is 93.5 cm³/mol. The summed E-state index contributed by atoms with van der Waals surface area (Å²) in [6.07, 6.45) is 0. The van der Waals surface area contributed by atoms with Gasteiger partial charge in [-0.25, -0.2) is 9.59 Å². The molecule has 3 rings (SSSR count). The standard InChI is InChI=1S/C17H16ClN3O3/c1-20-7-8-21(17(20)24)13-4-2-3-12(10-13)19-15-9-11(16(22)23)5-6-14(15)18/h2-6,9-10,19H,7-8H2,1H3,(H,22,23). The molecule has 2 aromatic rings. The lowest BCUT2D eigenvalue weighted by molar-refractivity contribution is 0.0697. The predicted octanol–water partition coefficient (Wildman–Crippen LogP) is 3.65. The number of hydrogen-bond donors (Lipinski definition) is 2. The number of hydrogen-bond acceptors (Lipinski definition) is 3. The van der Waals surface area contributed by atoms with Crippen LogP contribution in [-0.2, 0) is 0 Å². The largest absolute Gasteiger partial charge is 0.478 e. The van der Waals surface area contributed by atoms with Gasteiger partial charge in [0.05, 0.1) is 16.3 Å². The van der Waals surface area contributed by atoms with Crippen LogP contribution in [0.25, 0.3) is 0 Å². The van der Waals surface area contributed by atoms with Gasteiger partial charge in [0.1, 0.15) is 0 Å². The molecule has 6 nitrogen and oxygen atoms in total. The summed E-state index contributed by atoms with van der Waals surface area (Å²) in [4.78, 5) is 26.5. The molecular formula is C17H16ClN3O3. The van der Waals surface area contributed by atoms with Crippen molar-refractivity contribution in [1.82, 2.24) is 4.90 Å². The molecule has 2 aromatic carbocycles. The normalized spacial score (nSPS) is 14.2. The molecule has 7 heteroatoms. The lowest BCUT2D eigenvalue weighted by atomic mass is 10.2. The van der Waals surface area contributed by atoms with Crippen molar-refractivity contribution in [2.75, 3.05) is 30.4 Å². The van der Waals surface area contributed by atoms with Gasteiger partial charge in [-0.1, -0.05) is 17.7 Å². The molecule has 0 unspecified atom stereocenters. The van der Waals surface area contributed by atoms with Crippen LogP contribution in [0.3, 0.4) is 0 Å². The van der Waals surface area contributed by atoms with Gasteiger partial charge < -0.3 is 15.3 Å². The van der Waals surface area contributed by atoms with Crippen molar-refractivity contribution in [2.24, 2.45) is 0 Å². The van der Waals surface area contributed by atoms with E-state index < -0.39 is 5.97 Å². The van der Waals surface area contributed by atoms with Gasteiger partial charge in [0, 0.05) is 31.5 Å². The number of anilines is 3. The number of nitrogens with zero attached hydrogens (tertiary/aromatic N) is 2. The number of likely N-dealkylation sites (N-methyl/N-ethyl adjacent to an activating group) is 1. The molecule has 24 heavy (non-hydrogen) atoms. The molecular weight excluding hydrogens is 330 g/mol. The van der Waals surface area contributed by atoms with Gasteiger partial charge in [-0.2, -0.15) is 0 Å². The number of amides is 2. The van der Waals surface area contributed by atoms with E-state index in [1.807, 2.05) is 24.3 Å². The number of benzene rings is 2. The number of carboxylic acids is 1. The molecule has 0 bridgehead atoms. The zero-order chi connectivity index (χ0) is 17.3. The molecule has 0 aromatic heterocycles. The van der Waals surface area contributed by atoms with Crippen molar-refractivity contribution in [3.63, 3.8) is 0 Å². The third-order valence-corrected chi connectivity index (χ3v) is 4.20. The SMILES string of the molecule is CN1CCN(c2cccc(Nc3cc(C(=O)O)ccc3Cl)c2)C1=O. The van der Waals surface area contributed by atoms with Crippen LogP contribution >= 0.6 is 11.6 Å². The van der Waals surface area contributed by atoms with Crippen LogP contribution in [0.1, 0.15) is 10.4 Å². The van der Waals surface area contributed by atoms with Gasteiger partial charge in [-0.15, -0.1) is 0 Å². The van der Waals surface area contributed by atoms with E-state index >= 15 is 0 Å². The van der Waals surface area contributed by atoms with Gasteiger partial charge in [-0.05, 0) is 36.4 Å². The first-order chi connectivity index (χ1) is 11.5. The lowest BCUT2D eigenvalue weighted by Crippen LogP contribution is -2.29. The summed E-state index contributed by atoms with van der Waals surface area (Å²) in [5.41, 5.74) is 2.15. The minimum atomic E-state index is -1.02. The van der Waals surface area contributed by atoms with E-state index in [9.17, 15) is 9.59 Å². The summed E-state index contributed by atoms with van der Waals surface area (Å²) in [6, 6.07) is 11.8. The molecule has 0 radical (unpaired) electrons. The number of rotatable bonds is 4. The van der Waals surface area contributed by atoms with E-state index in [1.165, 1.54) is 18.2 Å². The van der Waals surface area contributed by atoms with E-state index in [1.54, 1.807) is 16.8 Å². The second kappa shape index (κ2) is 6.41. The van der Waals surface area contributed by atoms with Crippen molar-refractivity contribution in [1.29, 1.82) is 0 Å². The van der Waals surface area contributed by atoms with E-state index in [2.05, 4.69) is 5.32 Å². The van der Waals surface area contributed by atoms with Crippen molar-refractivity contribution < 1.29 is 14.7 Å². The highest BCUT2D eigenvalue weighted by atomic mass is 35.5. The summed E-state index contributed by atoms with van der Waals surface area (Å²) in [7, 11) is 1.77. The van der Waals surface area contributed by atoms with Crippen molar-refractivity contribution in [2.45, 2.75) is 0 Å². The Bertz CT molecular complexity index is 809. The number of carboxylic acid groups (broad SMARTS) is 1. The van der Waals surface area contributed by atoms with Crippen molar-refractivity contribution >= 4 is 40.7 Å². The quantitative estimate of drug-likeness (QED) is 0.887. The summed E-state index contributed by atoms with van der Waals surface area (Å²) in [6.45, 7) is 1.32. The highest BCUT2D eigenvalue weighted by Crippen LogP contribution is 2.29. The molecule has 2 N–H and O–H groups in total.